The third kappa shape index (κ3) is 71.3. The quantitative estimate of drug-likeness (QED) is 0.0169. The highest BCUT2D eigenvalue weighted by molar-refractivity contribution is 7.47. The van der Waals surface area contributed by atoms with Gasteiger partial charge in [0, 0.05) is 19.3 Å². The smallest absolute Gasteiger partial charge is 0.462 e. The fraction of sp³-hybridized carbons (Fsp3) is 0.654. The SMILES string of the molecule is CC/C=C\C/C=C\C/C=C\C/C=C\C/C=C\CC(=O)OCC(COP(=O)(O)OCC(O)COP(=O)(O)OCC(COC(=O)CCCCCC/C=C\C/C=C\C/C=C\C/C=C\CC)OC(=O)CCCCCCC/C=C\CCCCCC)OC(=O)CCCCCCC/C=C\C/C=C\CCCCC. The van der Waals surface area contributed by atoms with Crippen LogP contribution in [0.25, 0.3) is 0 Å². The van der Waals surface area contributed by atoms with Gasteiger partial charge in [-0.2, -0.15) is 0 Å². The first kappa shape index (κ1) is 94.9. The van der Waals surface area contributed by atoms with Crippen LogP contribution in [0.4, 0.5) is 0 Å². The summed E-state index contributed by atoms with van der Waals surface area (Å²) in [6, 6.07) is 0. The number of aliphatic hydroxyl groups is 1. The van der Waals surface area contributed by atoms with Crippen LogP contribution in [-0.2, 0) is 65.4 Å². The number of ether oxygens (including phenoxy) is 4. The molecule has 3 N–H and O–H groups in total. The molecule has 0 radical (unpaired) electrons. The second kappa shape index (κ2) is 72.3. The molecule has 0 aliphatic heterocycles. The van der Waals surface area contributed by atoms with Crippen LogP contribution in [0.15, 0.2) is 146 Å². The Bertz CT molecular complexity index is 2470. The second-order valence-electron chi connectivity index (χ2n) is 24.8. The van der Waals surface area contributed by atoms with E-state index in [1.54, 1.807) is 6.08 Å². The number of allylic oxidation sites excluding steroid dienone is 23. The molecule has 0 saturated heterocycles. The lowest BCUT2D eigenvalue weighted by molar-refractivity contribution is -0.161. The van der Waals surface area contributed by atoms with Crippen molar-refractivity contribution in [3.05, 3.63) is 146 Å². The van der Waals surface area contributed by atoms with E-state index >= 15 is 0 Å². The van der Waals surface area contributed by atoms with Crippen LogP contribution in [0.1, 0.15) is 285 Å². The van der Waals surface area contributed by atoms with Crippen LogP contribution in [0.3, 0.4) is 0 Å². The number of unbranched alkanes of at least 4 members (excludes halogenated alkanes) is 21. The van der Waals surface area contributed by atoms with Gasteiger partial charge in [0.2, 0.25) is 0 Å². The Morgan fingerprint density at radius 1 is 0.300 bits per heavy atom. The number of carbonyl (C=O) groups is 4. The number of hydrogen-bond donors (Lipinski definition) is 3. The molecular formula is C81H134O17P2. The van der Waals surface area contributed by atoms with Crippen molar-refractivity contribution >= 4 is 39.5 Å². The molecule has 19 heteroatoms. The minimum Gasteiger partial charge on any atom is -0.462 e. The number of rotatable bonds is 70. The van der Waals surface area contributed by atoms with Crippen molar-refractivity contribution in [3.63, 3.8) is 0 Å². The van der Waals surface area contributed by atoms with E-state index in [-0.39, 0.29) is 25.7 Å². The first-order chi connectivity index (χ1) is 48.7. The lowest BCUT2D eigenvalue weighted by Gasteiger charge is -2.21. The molecule has 0 fully saturated rings. The molecular weight excluding hydrogens is 1310 g/mol. The average molecular weight is 1440 g/mol. The minimum absolute atomic E-state index is 0.0551. The molecule has 0 rings (SSSR count). The monoisotopic (exact) mass is 1440 g/mol. The second-order valence-corrected chi connectivity index (χ2v) is 27.7. The summed E-state index contributed by atoms with van der Waals surface area (Å²) in [6.45, 7) is 4.42. The Labute approximate surface area is 605 Å². The Balaban J connectivity index is 5.46. The Morgan fingerprint density at radius 2 is 0.560 bits per heavy atom. The molecule has 570 valence electrons. The molecule has 0 bridgehead atoms. The van der Waals surface area contributed by atoms with Crippen molar-refractivity contribution in [3.8, 4) is 0 Å². The fourth-order valence-corrected chi connectivity index (χ4v) is 11.1. The largest absolute Gasteiger partial charge is 0.472 e. The molecule has 0 aromatic heterocycles. The van der Waals surface area contributed by atoms with Gasteiger partial charge < -0.3 is 33.8 Å². The van der Waals surface area contributed by atoms with E-state index in [0.29, 0.717) is 25.7 Å². The Kier molecular flexibility index (Phi) is 68.6. The zero-order valence-electron chi connectivity index (χ0n) is 62.1. The number of phosphoric acid groups is 2. The van der Waals surface area contributed by atoms with Crippen molar-refractivity contribution in [2.24, 2.45) is 0 Å². The third-order valence-electron chi connectivity index (χ3n) is 15.3. The highest BCUT2D eigenvalue weighted by Crippen LogP contribution is 2.45. The van der Waals surface area contributed by atoms with E-state index in [0.717, 1.165) is 161 Å². The van der Waals surface area contributed by atoms with Gasteiger partial charge in [-0.25, -0.2) is 9.13 Å². The lowest BCUT2D eigenvalue weighted by Crippen LogP contribution is -2.30. The number of hydrogen-bond acceptors (Lipinski definition) is 15. The molecule has 17 nitrogen and oxygen atoms in total. The van der Waals surface area contributed by atoms with E-state index in [1.807, 2.05) is 18.2 Å². The Hall–Kier alpha value is -5.06. The van der Waals surface area contributed by atoms with Gasteiger partial charge in [-0.3, -0.25) is 37.3 Å². The van der Waals surface area contributed by atoms with Crippen LogP contribution in [0, 0.1) is 0 Å². The molecule has 0 spiro atoms. The summed E-state index contributed by atoms with van der Waals surface area (Å²) in [5.41, 5.74) is 0. The van der Waals surface area contributed by atoms with Crippen LogP contribution in [0.2, 0.25) is 0 Å². The standard InChI is InChI=1S/C81H134O17P2/c1-5-9-13-17-21-25-29-33-36-37-40-43-46-50-54-58-62-66-79(84)92-71-76(97-80(85)67-63-59-55-51-47-41-32-28-24-20-16-12-8-4)73-95-99(87,88)93-69-75(82)70-94-100(89,90)96-74-77(98-81(86)68-64-60-56-52-48-44-39-35-31-27-23-19-15-11-7-3)72-91-78(83)65-61-57-53-49-45-42-38-34-30-26-22-18-14-10-6-2/h9-10,13-14,21-23,25-28,32-36,38-40,43,45,49,57,61,75-77,82H,5-8,11-12,15-20,24,29-31,37,41-42,44,46-48,50-56,58-60,62-74H2,1-4H3,(H,87,88)(H,89,90)/b13-9-,14-10-,25-21-,26-22-,27-23-,32-28-,36-33-,38-34-,39-35-,43-40-,49-45-,61-57-. The predicted molar refractivity (Wildman–Crippen MR) is 408 cm³/mol. The van der Waals surface area contributed by atoms with Gasteiger partial charge in [0.25, 0.3) is 0 Å². The van der Waals surface area contributed by atoms with Gasteiger partial charge in [0.05, 0.1) is 32.8 Å². The van der Waals surface area contributed by atoms with E-state index in [1.165, 1.54) is 44.9 Å². The average Bonchev–Trinajstić information content (AvgIpc) is 0.988. The highest BCUT2D eigenvalue weighted by Gasteiger charge is 2.30. The van der Waals surface area contributed by atoms with Crippen molar-refractivity contribution < 1.29 is 80.2 Å². The van der Waals surface area contributed by atoms with Crippen molar-refractivity contribution in [2.75, 3.05) is 39.6 Å². The molecule has 5 unspecified atom stereocenters. The highest BCUT2D eigenvalue weighted by atomic mass is 31.2. The van der Waals surface area contributed by atoms with E-state index in [4.69, 9.17) is 37.0 Å². The van der Waals surface area contributed by atoms with E-state index in [2.05, 4.69) is 149 Å². The molecule has 0 aliphatic carbocycles. The summed E-state index contributed by atoms with van der Waals surface area (Å²) in [6.07, 6.45) is 81.5. The van der Waals surface area contributed by atoms with Crippen LogP contribution in [-0.4, -0.2) is 96.7 Å². The normalized spacial score (nSPS) is 14.8. The fourth-order valence-electron chi connectivity index (χ4n) is 9.54. The lowest BCUT2D eigenvalue weighted by atomic mass is 10.1. The van der Waals surface area contributed by atoms with Crippen molar-refractivity contribution in [2.45, 2.75) is 303 Å². The van der Waals surface area contributed by atoms with E-state index < -0.39 is 97.5 Å². The number of aliphatic hydroxyl groups excluding tert-OH is 1. The van der Waals surface area contributed by atoms with Gasteiger partial charge in [0.1, 0.15) is 19.3 Å². The molecule has 0 saturated carbocycles. The number of esters is 4. The maximum Gasteiger partial charge on any atom is 0.472 e. The topological polar surface area (TPSA) is 237 Å². The molecule has 0 aromatic rings. The molecule has 0 aliphatic rings. The first-order valence-corrected chi connectivity index (χ1v) is 41.1. The zero-order chi connectivity index (χ0) is 73.2. The van der Waals surface area contributed by atoms with Gasteiger partial charge in [-0.05, 0) is 148 Å². The molecule has 0 aromatic carbocycles. The maximum absolute atomic E-state index is 13.1. The molecule has 100 heavy (non-hydrogen) atoms. The molecule has 0 heterocycles. The third-order valence-corrected chi connectivity index (χ3v) is 17.2. The molecule has 5 atom stereocenters. The molecule has 0 amide bonds. The number of phosphoric ester groups is 2. The van der Waals surface area contributed by atoms with Gasteiger partial charge >= 0.3 is 39.5 Å². The predicted octanol–water partition coefficient (Wildman–Crippen LogP) is 21.9. The van der Waals surface area contributed by atoms with Crippen molar-refractivity contribution in [1.82, 2.24) is 0 Å². The van der Waals surface area contributed by atoms with E-state index in [9.17, 15) is 43.2 Å². The summed E-state index contributed by atoms with van der Waals surface area (Å²) in [5, 5.41) is 10.6. The van der Waals surface area contributed by atoms with Crippen LogP contribution in [0.5, 0.6) is 0 Å². The van der Waals surface area contributed by atoms with Crippen LogP contribution < -0.4 is 0 Å². The summed E-state index contributed by atoms with van der Waals surface area (Å²) in [7, 11) is -10.00. The van der Waals surface area contributed by atoms with Gasteiger partial charge in [-0.15, -0.1) is 0 Å². The van der Waals surface area contributed by atoms with Gasteiger partial charge in [-0.1, -0.05) is 257 Å². The summed E-state index contributed by atoms with van der Waals surface area (Å²) >= 11 is 0. The zero-order valence-corrected chi connectivity index (χ0v) is 63.9. The number of carbonyl (C=O) groups excluding carboxylic acids is 4. The van der Waals surface area contributed by atoms with Gasteiger partial charge in [0.15, 0.2) is 12.2 Å². The van der Waals surface area contributed by atoms with Crippen LogP contribution >= 0.6 is 15.6 Å². The maximum atomic E-state index is 13.1. The minimum atomic E-state index is -5.00. The summed E-state index contributed by atoms with van der Waals surface area (Å²) in [5.74, 6) is -2.38. The van der Waals surface area contributed by atoms with Crippen molar-refractivity contribution in [1.29, 1.82) is 0 Å². The summed E-state index contributed by atoms with van der Waals surface area (Å²) < 4.78 is 68.3. The first-order valence-electron chi connectivity index (χ1n) is 38.1. The summed E-state index contributed by atoms with van der Waals surface area (Å²) in [4.78, 5) is 72.8. The Morgan fingerprint density at radius 3 is 0.920 bits per heavy atom.